The molecular formula is C21H23N7O3. The summed E-state index contributed by atoms with van der Waals surface area (Å²) in [6, 6.07) is 8.52. The van der Waals surface area contributed by atoms with Gasteiger partial charge < -0.3 is 10.1 Å². The highest BCUT2D eigenvalue weighted by molar-refractivity contribution is 6.13. The average molecular weight is 421 g/mol. The number of nitrogens with one attached hydrogen (secondary N) is 2. The predicted octanol–water partition coefficient (Wildman–Crippen LogP) is 1.87. The number of amides is 2. The second-order valence-electron chi connectivity index (χ2n) is 7.64. The van der Waals surface area contributed by atoms with Crippen LogP contribution in [0.1, 0.15) is 13.8 Å². The Bertz CT molecular complexity index is 1120. The third-order valence-corrected chi connectivity index (χ3v) is 5.94. The van der Waals surface area contributed by atoms with Crippen molar-refractivity contribution < 1.29 is 14.3 Å². The summed E-state index contributed by atoms with van der Waals surface area (Å²) in [4.78, 5) is 33.4. The Morgan fingerprint density at radius 1 is 1.13 bits per heavy atom. The lowest BCUT2D eigenvalue weighted by molar-refractivity contribution is -0.135. The maximum Gasteiger partial charge on any atom is 0.250 e. The monoisotopic (exact) mass is 421 g/mol. The minimum absolute atomic E-state index is 0.0922. The summed E-state index contributed by atoms with van der Waals surface area (Å²) in [5.74, 6) is 5.17. The van der Waals surface area contributed by atoms with E-state index >= 15 is 0 Å². The zero-order valence-corrected chi connectivity index (χ0v) is 17.4. The van der Waals surface area contributed by atoms with Gasteiger partial charge >= 0.3 is 0 Å². The van der Waals surface area contributed by atoms with Gasteiger partial charge in [-0.2, -0.15) is 5.10 Å². The summed E-state index contributed by atoms with van der Waals surface area (Å²) in [6.07, 6.45) is 4.98. The van der Waals surface area contributed by atoms with Gasteiger partial charge in [0.15, 0.2) is 0 Å². The first kappa shape index (κ1) is 20.5. The molecule has 3 aromatic rings. The summed E-state index contributed by atoms with van der Waals surface area (Å²) >= 11 is 0. The maximum absolute atomic E-state index is 12.8. The third-order valence-electron chi connectivity index (χ3n) is 5.94. The van der Waals surface area contributed by atoms with Crippen molar-refractivity contribution in [2.75, 3.05) is 5.32 Å². The van der Waals surface area contributed by atoms with Gasteiger partial charge in [0.2, 0.25) is 17.7 Å². The van der Waals surface area contributed by atoms with E-state index in [1.165, 1.54) is 6.33 Å². The van der Waals surface area contributed by atoms with E-state index < -0.39 is 11.3 Å². The number of benzene rings is 1. The number of anilines is 1. The molecule has 31 heavy (non-hydrogen) atoms. The number of hydrazine groups is 1. The van der Waals surface area contributed by atoms with Crippen LogP contribution in [0, 0.1) is 17.3 Å². The fraction of sp³-hybridized carbons (Fsp3) is 0.286. The SMILES string of the molecule is CC1C(C)C1(C(=O)NN)C(=O)Nc1ccc(Oc2cc(-c3cnn(C)c3)ncn2)cc1. The zero-order valence-electron chi connectivity index (χ0n) is 17.4. The third kappa shape index (κ3) is 3.61. The van der Waals surface area contributed by atoms with E-state index in [0.717, 1.165) is 5.56 Å². The van der Waals surface area contributed by atoms with Gasteiger partial charge in [0.25, 0.3) is 0 Å². The summed E-state index contributed by atoms with van der Waals surface area (Å²) in [6.45, 7) is 3.72. The largest absolute Gasteiger partial charge is 0.439 e. The van der Waals surface area contributed by atoms with Crippen LogP contribution >= 0.6 is 0 Å². The van der Waals surface area contributed by atoms with E-state index in [9.17, 15) is 9.59 Å². The van der Waals surface area contributed by atoms with E-state index in [1.807, 2.05) is 27.1 Å². The number of hydrogen-bond donors (Lipinski definition) is 3. The van der Waals surface area contributed by atoms with Crippen LogP contribution in [0.5, 0.6) is 11.6 Å². The highest BCUT2D eigenvalue weighted by Gasteiger charge is 2.69. The Hall–Kier alpha value is -3.79. The summed E-state index contributed by atoms with van der Waals surface area (Å²) in [5, 5.41) is 6.94. The lowest BCUT2D eigenvalue weighted by atomic mass is 10.00. The topological polar surface area (TPSA) is 137 Å². The highest BCUT2D eigenvalue weighted by Crippen LogP contribution is 2.59. The smallest absolute Gasteiger partial charge is 0.250 e. The Morgan fingerprint density at radius 3 is 2.42 bits per heavy atom. The molecule has 1 fully saturated rings. The second-order valence-corrected chi connectivity index (χ2v) is 7.64. The molecule has 1 aliphatic rings. The van der Waals surface area contributed by atoms with Crippen molar-refractivity contribution in [1.29, 1.82) is 0 Å². The fourth-order valence-electron chi connectivity index (χ4n) is 3.89. The molecule has 2 atom stereocenters. The van der Waals surface area contributed by atoms with Crippen LogP contribution in [0.2, 0.25) is 0 Å². The number of nitrogens with two attached hydrogens (primary N) is 1. The van der Waals surface area contributed by atoms with Gasteiger partial charge in [0.05, 0.1) is 11.9 Å². The molecule has 0 saturated heterocycles. The maximum atomic E-state index is 12.8. The number of rotatable bonds is 6. The summed E-state index contributed by atoms with van der Waals surface area (Å²) < 4.78 is 7.49. The fourth-order valence-corrected chi connectivity index (χ4v) is 3.89. The Morgan fingerprint density at radius 2 is 1.84 bits per heavy atom. The minimum Gasteiger partial charge on any atom is -0.439 e. The molecule has 1 aliphatic carbocycles. The number of aryl methyl sites for hydroxylation is 1. The van der Waals surface area contributed by atoms with E-state index in [4.69, 9.17) is 10.6 Å². The average Bonchev–Trinajstić information content (AvgIpc) is 3.09. The predicted molar refractivity (Wildman–Crippen MR) is 112 cm³/mol. The molecule has 4 N–H and O–H groups in total. The number of nitrogens with zero attached hydrogens (tertiary/aromatic N) is 4. The van der Waals surface area contributed by atoms with Gasteiger partial charge in [-0.25, -0.2) is 15.8 Å². The van der Waals surface area contributed by atoms with Crippen LogP contribution < -0.4 is 21.3 Å². The molecule has 0 aliphatic heterocycles. The van der Waals surface area contributed by atoms with Crippen LogP contribution in [0.3, 0.4) is 0 Å². The minimum atomic E-state index is -1.15. The molecule has 1 saturated carbocycles. The molecule has 2 heterocycles. The van der Waals surface area contributed by atoms with E-state index in [1.54, 1.807) is 41.2 Å². The van der Waals surface area contributed by atoms with E-state index in [-0.39, 0.29) is 17.7 Å². The van der Waals surface area contributed by atoms with Gasteiger partial charge in [-0.05, 0) is 36.1 Å². The van der Waals surface area contributed by atoms with Crippen molar-refractivity contribution in [2.24, 2.45) is 30.1 Å². The Kier molecular flexibility index (Phi) is 5.15. The molecule has 0 radical (unpaired) electrons. The molecule has 0 bridgehead atoms. The number of ether oxygens (including phenoxy) is 1. The van der Waals surface area contributed by atoms with Crippen molar-refractivity contribution in [3.63, 3.8) is 0 Å². The van der Waals surface area contributed by atoms with E-state index in [0.29, 0.717) is 23.0 Å². The number of hydrogen-bond acceptors (Lipinski definition) is 7. The molecule has 1 aromatic carbocycles. The molecule has 160 valence electrons. The summed E-state index contributed by atoms with van der Waals surface area (Å²) in [5.41, 5.74) is 3.06. The van der Waals surface area contributed by atoms with Crippen LogP contribution in [0.15, 0.2) is 49.1 Å². The molecule has 2 aromatic heterocycles. The van der Waals surface area contributed by atoms with Gasteiger partial charge in [0.1, 0.15) is 17.5 Å². The van der Waals surface area contributed by atoms with E-state index in [2.05, 4.69) is 25.8 Å². The molecular weight excluding hydrogens is 398 g/mol. The first-order valence-corrected chi connectivity index (χ1v) is 9.77. The lowest BCUT2D eigenvalue weighted by Crippen LogP contribution is -2.45. The number of aromatic nitrogens is 4. The van der Waals surface area contributed by atoms with Gasteiger partial charge in [-0.3, -0.25) is 19.7 Å². The second kappa shape index (κ2) is 7.80. The van der Waals surface area contributed by atoms with Crippen LogP contribution in [0.25, 0.3) is 11.3 Å². The lowest BCUT2D eigenvalue weighted by Gasteiger charge is -2.16. The summed E-state index contributed by atoms with van der Waals surface area (Å²) in [7, 11) is 1.83. The van der Waals surface area contributed by atoms with Crippen molar-refractivity contribution >= 4 is 17.5 Å². The molecule has 2 unspecified atom stereocenters. The number of carbonyl (C=O) groups excluding carboxylic acids is 2. The zero-order chi connectivity index (χ0) is 22.2. The van der Waals surface area contributed by atoms with Crippen LogP contribution in [-0.4, -0.2) is 31.6 Å². The van der Waals surface area contributed by atoms with Gasteiger partial charge in [-0.15, -0.1) is 0 Å². The molecule has 4 rings (SSSR count). The van der Waals surface area contributed by atoms with Gasteiger partial charge in [-0.1, -0.05) is 13.8 Å². The molecule has 10 nitrogen and oxygen atoms in total. The van der Waals surface area contributed by atoms with Gasteiger partial charge in [0, 0.05) is 30.6 Å². The van der Waals surface area contributed by atoms with Crippen molar-refractivity contribution in [1.82, 2.24) is 25.2 Å². The normalized spacial score (nSPS) is 21.9. The quantitative estimate of drug-likeness (QED) is 0.239. The molecule has 10 heteroatoms. The standard InChI is InChI=1S/C21H23N7O3/c1-12-13(2)21(12,20(30)27-22)19(29)26-15-4-6-16(7-5-15)31-18-8-17(23-11-24-18)14-9-25-28(3)10-14/h4-13H,22H2,1-3H3,(H,26,29)(H,27,30). The molecule has 2 amide bonds. The van der Waals surface area contributed by atoms with Crippen molar-refractivity contribution in [3.8, 4) is 22.9 Å². The van der Waals surface area contributed by atoms with Crippen molar-refractivity contribution in [2.45, 2.75) is 13.8 Å². The Balaban J connectivity index is 1.45. The first-order valence-electron chi connectivity index (χ1n) is 9.77. The van der Waals surface area contributed by atoms with Crippen LogP contribution in [-0.2, 0) is 16.6 Å². The highest BCUT2D eigenvalue weighted by atomic mass is 16.5. The first-order chi connectivity index (χ1) is 14.9. The number of carbonyl (C=O) groups is 2. The van der Waals surface area contributed by atoms with Crippen molar-refractivity contribution in [3.05, 3.63) is 49.1 Å². The molecule has 0 spiro atoms. The van der Waals surface area contributed by atoms with Crippen LogP contribution in [0.4, 0.5) is 5.69 Å². The Labute approximate surface area is 178 Å².